The van der Waals surface area contributed by atoms with Crippen LogP contribution < -0.4 is 21.3 Å². The van der Waals surface area contributed by atoms with Gasteiger partial charge in [-0.15, -0.1) is 0 Å². The molecule has 0 bridgehead atoms. The standard InChI is InChI=1S/C48H50ClN5O9/c1-48(2,3)63-28-42(45(58)52-41(46(59)60)24-30-16-20-33(55)21-17-30)53-43(56)39(25-31-9-8-22-50-26-31)51-44(57)40(23-29-14-18-32(49)19-15-29)54-47(61)62-27-38-36-12-6-4-10-34(36)35-11-5-7-13-37(35)38/h4-22,26,38-42,55H,23-25,27-28H2,1-3H3,(H,51,57)(H,52,58)(H,53,56)(H,54,61)(H,59,60)/t39-,40-,41+,42+/m1/s1. The van der Waals surface area contributed by atoms with Gasteiger partial charge in [-0.05, 0) is 90.0 Å². The molecule has 63 heavy (non-hydrogen) atoms. The summed E-state index contributed by atoms with van der Waals surface area (Å²) >= 11 is 6.15. The lowest BCUT2D eigenvalue weighted by molar-refractivity contribution is -0.143. The molecule has 5 aromatic rings. The molecule has 14 nitrogen and oxygen atoms in total. The molecule has 0 saturated carbocycles. The van der Waals surface area contributed by atoms with Crippen LogP contribution in [0.2, 0.25) is 5.02 Å². The molecule has 0 spiro atoms. The van der Waals surface area contributed by atoms with E-state index in [0.29, 0.717) is 21.7 Å². The fourth-order valence-corrected chi connectivity index (χ4v) is 7.34. The van der Waals surface area contributed by atoms with Crippen molar-refractivity contribution in [3.8, 4) is 16.9 Å². The number of hydrogen-bond donors (Lipinski definition) is 6. The molecule has 0 aliphatic heterocycles. The summed E-state index contributed by atoms with van der Waals surface area (Å²) in [7, 11) is 0. The number of carboxylic acid groups (broad SMARTS) is 1. The maximum atomic E-state index is 14.3. The van der Waals surface area contributed by atoms with E-state index < -0.39 is 59.6 Å². The van der Waals surface area contributed by atoms with E-state index in [4.69, 9.17) is 21.1 Å². The predicted octanol–water partition coefficient (Wildman–Crippen LogP) is 5.73. The second-order valence-corrected chi connectivity index (χ2v) is 16.7. The predicted molar refractivity (Wildman–Crippen MR) is 236 cm³/mol. The minimum Gasteiger partial charge on any atom is -0.508 e. The molecule has 1 heterocycles. The molecule has 4 aromatic carbocycles. The lowest BCUT2D eigenvalue weighted by Gasteiger charge is -2.28. The molecular weight excluding hydrogens is 826 g/mol. The second kappa shape index (κ2) is 20.9. The number of carboxylic acids is 1. The topological polar surface area (TPSA) is 205 Å². The first-order valence-electron chi connectivity index (χ1n) is 20.4. The van der Waals surface area contributed by atoms with Crippen molar-refractivity contribution < 1.29 is 43.7 Å². The average Bonchev–Trinajstić information content (AvgIpc) is 3.58. The Hall–Kier alpha value is -6.77. The maximum absolute atomic E-state index is 14.3. The van der Waals surface area contributed by atoms with Gasteiger partial charge in [0.05, 0.1) is 12.2 Å². The molecule has 15 heteroatoms. The normalized spacial score (nSPS) is 13.9. The summed E-state index contributed by atoms with van der Waals surface area (Å²) in [5.41, 5.74) is 5.15. The van der Waals surface area contributed by atoms with Crippen LogP contribution in [0.3, 0.4) is 0 Å². The molecule has 0 saturated heterocycles. The van der Waals surface area contributed by atoms with Crippen molar-refractivity contribution in [1.29, 1.82) is 0 Å². The van der Waals surface area contributed by atoms with Gasteiger partial charge in [0.1, 0.15) is 36.5 Å². The van der Waals surface area contributed by atoms with Gasteiger partial charge < -0.3 is 41.0 Å². The number of carbonyl (C=O) groups is 5. The Morgan fingerprint density at radius 3 is 1.73 bits per heavy atom. The number of amides is 4. The average molecular weight is 876 g/mol. The smallest absolute Gasteiger partial charge is 0.407 e. The van der Waals surface area contributed by atoms with Crippen LogP contribution >= 0.6 is 11.6 Å². The number of hydrogen-bond acceptors (Lipinski definition) is 9. The number of ether oxygens (including phenoxy) is 2. The first-order chi connectivity index (χ1) is 30.1. The monoisotopic (exact) mass is 875 g/mol. The summed E-state index contributed by atoms with van der Waals surface area (Å²) in [5.74, 6) is -3.92. The van der Waals surface area contributed by atoms with E-state index in [1.807, 2.05) is 48.5 Å². The molecule has 1 aliphatic carbocycles. The van der Waals surface area contributed by atoms with E-state index in [-0.39, 0.29) is 44.1 Å². The number of rotatable bonds is 18. The van der Waals surface area contributed by atoms with Gasteiger partial charge in [-0.25, -0.2) is 9.59 Å². The molecule has 0 unspecified atom stereocenters. The number of aromatic hydroxyl groups is 1. The first kappa shape index (κ1) is 45.7. The highest BCUT2D eigenvalue weighted by Gasteiger charge is 2.34. The summed E-state index contributed by atoms with van der Waals surface area (Å²) < 4.78 is 11.7. The van der Waals surface area contributed by atoms with Crippen molar-refractivity contribution in [2.45, 2.75) is 75.7 Å². The van der Waals surface area contributed by atoms with Gasteiger partial charge in [-0.1, -0.05) is 90.5 Å². The van der Waals surface area contributed by atoms with E-state index >= 15 is 0 Å². The maximum Gasteiger partial charge on any atom is 0.407 e. The molecule has 4 atom stereocenters. The van der Waals surface area contributed by atoms with Crippen molar-refractivity contribution in [2.24, 2.45) is 0 Å². The fraction of sp³-hybridized carbons (Fsp3) is 0.292. The Labute approximate surface area is 370 Å². The summed E-state index contributed by atoms with van der Waals surface area (Å²) in [4.78, 5) is 72.5. The summed E-state index contributed by atoms with van der Waals surface area (Å²) in [5, 5.41) is 30.8. The van der Waals surface area contributed by atoms with Crippen molar-refractivity contribution >= 4 is 41.4 Å². The van der Waals surface area contributed by atoms with Gasteiger partial charge in [-0.3, -0.25) is 19.4 Å². The van der Waals surface area contributed by atoms with Gasteiger partial charge in [0.15, 0.2) is 0 Å². The molecule has 328 valence electrons. The van der Waals surface area contributed by atoms with Crippen LogP contribution in [0.25, 0.3) is 11.1 Å². The minimum atomic E-state index is -1.41. The van der Waals surface area contributed by atoms with E-state index in [2.05, 4.69) is 26.3 Å². The number of halogens is 1. The molecule has 4 amide bonds. The third kappa shape index (κ3) is 12.9. The number of phenols is 1. The Balaban J connectivity index is 1.21. The lowest BCUT2D eigenvalue weighted by Crippen LogP contribution is -2.60. The van der Waals surface area contributed by atoms with Crippen LogP contribution in [0, 0.1) is 0 Å². The third-order valence-corrected chi connectivity index (χ3v) is 10.7. The second-order valence-electron chi connectivity index (χ2n) is 16.2. The Morgan fingerprint density at radius 1 is 0.651 bits per heavy atom. The number of carbonyl (C=O) groups excluding carboxylic acids is 4. The van der Waals surface area contributed by atoms with Gasteiger partial charge in [0.2, 0.25) is 17.7 Å². The van der Waals surface area contributed by atoms with Gasteiger partial charge in [-0.2, -0.15) is 0 Å². The van der Waals surface area contributed by atoms with Crippen LogP contribution in [-0.2, 0) is 47.9 Å². The number of alkyl carbamates (subject to hydrolysis) is 1. The van der Waals surface area contributed by atoms with Crippen LogP contribution in [0.4, 0.5) is 4.79 Å². The van der Waals surface area contributed by atoms with Gasteiger partial charge >= 0.3 is 12.1 Å². The molecular formula is C48H50ClN5O9. The molecule has 0 fully saturated rings. The lowest BCUT2D eigenvalue weighted by atomic mass is 9.98. The minimum absolute atomic E-state index is 0.00105. The Bertz CT molecular complexity index is 2350. The van der Waals surface area contributed by atoms with E-state index in [1.54, 1.807) is 63.4 Å². The van der Waals surface area contributed by atoms with E-state index in [9.17, 15) is 34.2 Å². The van der Waals surface area contributed by atoms with E-state index in [1.165, 1.54) is 30.5 Å². The summed E-state index contributed by atoms with van der Waals surface area (Å²) in [6.45, 7) is 4.92. The molecule has 6 rings (SSSR count). The van der Waals surface area contributed by atoms with Crippen molar-refractivity contribution in [3.05, 3.63) is 154 Å². The third-order valence-electron chi connectivity index (χ3n) is 10.4. The number of pyridine rings is 1. The van der Waals surface area contributed by atoms with E-state index in [0.717, 1.165) is 22.3 Å². The van der Waals surface area contributed by atoms with Crippen LogP contribution in [0.1, 0.15) is 54.5 Å². The molecule has 6 N–H and O–H groups in total. The quantitative estimate of drug-likeness (QED) is 0.0631. The van der Waals surface area contributed by atoms with Crippen molar-refractivity contribution in [3.63, 3.8) is 0 Å². The highest BCUT2D eigenvalue weighted by Crippen LogP contribution is 2.44. The number of nitrogens with zero attached hydrogens (tertiary/aromatic N) is 1. The van der Waals surface area contributed by atoms with Crippen molar-refractivity contribution in [2.75, 3.05) is 13.2 Å². The Morgan fingerprint density at radius 2 is 1.16 bits per heavy atom. The van der Waals surface area contributed by atoms with Crippen LogP contribution in [0.5, 0.6) is 5.75 Å². The fourth-order valence-electron chi connectivity index (χ4n) is 7.21. The largest absolute Gasteiger partial charge is 0.508 e. The summed E-state index contributed by atoms with van der Waals surface area (Å²) in [6.07, 6.45) is 2.04. The number of aliphatic carboxylic acids is 1. The highest BCUT2D eigenvalue weighted by atomic mass is 35.5. The first-order valence-corrected chi connectivity index (χ1v) is 20.8. The van der Waals surface area contributed by atoms with Crippen molar-refractivity contribution in [1.82, 2.24) is 26.3 Å². The molecule has 1 aliphatic rings. The Kier molecular flexibility index (Phi) is 15.2. The number of benzene rings is 4. The van der Waals surface area contributed by atoms with Gasteiger partial charge in [0.25, 0.3) is 0 Å². The number of nitrogens with one attached hydrogen (secondary N) is 4. The molecule has 1 aromatic heterocycles. The number of aromatic nitrogens is 1. The highest BCUT2D eigenvalue weighted by molar-refractivity contribution is 6.30. The SMILES string of the molecule is CC(C)(C)OC[C@H](NC(=O)[C@@H](Cc1cccnc1)NC(=O)[C@@H](Cc1ccc(Cl)cc1)NC(=O)OCC1c2ccccc2-c2ccccc21)C(=O)N[C@@H](Cc1ccc(O)cc1)C(=O)O. The van der Waals surface area contributed by atoms with Gasteiger partial charge in [0, 0.05) is 42.6 Å². The molecule has 0 radical (unpaired) electrons. The number of phenolic OH excluding ortho intramolecular Hbond substituents is 1. The van der Waals surface area contributed by atoms with Crippen LogP contribution in [0.15, 0.2) is 122 Å². The summed E-state index contributed by atoms with van der Waals surface area (Å²) in [6, 6.07) is 26.4. The van der Waals surface area contributed by atoms with Crippen LogP contribution in [-0.4, -0.2) is 88.0 Å². The zero-order valence-corrected chi connectivity index (χ0v) is 35.8. The zero-order valence-electron chi connectivity index (χ0n) is 35.0. The number of fused-ring (bicyclic) bond motifs is 3. The zero-order chi connectivity index (χ0) is 45.1.